The van der Waals surface area contributed by atoms with Crippen molar-refractivity contribution in [3.63, 3.8) is 0 Å². The molecule has 3 rings (SSSR count). The summed E-state index contributed by atoms with van der Waals surface area (Å²) in [5, 5.41) is 0.786. The molecule has 0 N–H and O–H groups in total. The minimum atomic E-state index is -0.181. The smallest absolute Gasteiger partial charge is 0.263 e. The minimum absolute atomic E-state index is 0.181. The summed E-state index contributed by atoms with van der Waals surface area (Å²) in [4.78, 5) is 16.9. The molecular weight excluding hydrogens is 307 g/mol. The van der Waals surface area contributed by atoms with Crippen LogP contribution in [0.25, 0.3) is 11.0 Å². The van der Waals surface area contributed by atoms with Gasteiger partial charge in [0, 0.05) is 5.56 Å². The van der Waals surface area contributed by atoms with E-state index in [1.54, 1.807) is 18.2 Å². The van der Waals surface area contributed by atoms with Crippen molar-refractivity contribution in [3.05, 3.63) is 63.4 Å². The summed E-state index contributed by atoms with van der Waals surface area (Å²) >= 11 is 11.9. The molecule has 1 heterocycles. The van der Waals surface area contributed by atoms with E-state index in [4.69, 9.17) is 23.2 Å². The molecule has 21 heavy (non-hydrogen) atoms. The SMILES string of the molecule is Cc1cc2ncn(C(=O)c3ccc(Cl)c(Cl)c3)c2cc1C. The predicted octanol–water partition coefficient (Wildman–Crippen LogP) is 4.65. The second-order valence-electron chi connectivity index (χ2n) is 4.97. The van der Waals surface area contributed by atoms with Crippen LogP contribution in [0.15, 0.2) is 36.7 Å². The van der Waals surface area contributed by atoms with E-state index in [1.165, 1.54) is 10.9 Å². The zero-order chi connectivity index (χ0) is 15.1. The van der Waals surface area contributed by atoms with Crippen LogP contribution in [0.5, 0.6) is 0 Å². The molecular formula is C16H12Cl2N2O. The molecule has 0 spiro atoms. The van der Waals surface area contributed by atoms with Crippen LogP contribution in [0.1, 0.15) is 21.5 Å². The molecule has 0 radical (unpaired) electrons. The Balaban J connectivity index is 2.13. The molecule has 0 aliphatic rings. The van der Waals surface area contributed by atoms with E-state index in [-0.39, 0.29) is 5.91 Å². The quantitative estimate of drug-likeness (QED) is 0.654. The van der Waals surface area contributed by atoms with Gasteiger partial charge in [0.25, 0.3) is 5.91 Å². The molecule has 0 saturated heterocycles. The fourth-order valence-electron chi connectivity index (χ4n) is 2.19. The van der Waals surface area contributed by atoms with Crippen molar-refractivity contribution in [3.8, 4) is 0 Å². The molecule has 0 aliphatic heterocycles. The molecule has 0 unspecified atom stereocenters. The van der Waals surface area contributed by atoms with Gasteiger partial charge in [0.05, 0.1) is 21.1 Å². The third kappa shape index (κ3) is 2.43. The van der Waals surface area contributed by atoms with Gasteiger partial charge in [0.15, 0.2) is 0 Å². The van der Waals surface area contributed by atoms with Gasteiger partial charge in [-0.05, 0) is 55.3 Å². The molecule has 0 saturated carbocycles. The van der Waals surface area contributed by atoms with Crippen LogP contribution in [-0.2, 0) is 0 Å². The number of rotatable bonds is 1. The molecule has 3 nitrogen and oxygen atoms in total. The van der Waals surface area contributed by atoms with Gasteiger partial charge in [-0.1, -0.05) is 23.2 Å². The average Bonchev–Trinajstić information content (AvgIpc) is 2.84. The highest BCUT2D eigenvalue weighted by Crippen LogP contribution is 2.24. The minimum Gasteiger partial charge on any atom is -0.268 e. The zero-order valence-corrected chi connectivity index (χ0v) is 13.0. The molecule has 2 aromatic carbocycles. The lowest BCUT2D eigenvalue weighted by atomic mass is 10.1. The normalized spacial score (nSPS) is 11.0. The summed E-state index contributed by atoms with van der Waals surface area (Å²) in [6.07, 6.45) is 1.54. The fraction of sp³-hybridized carbons (Fsp3) is 0.125. The Morgan fingerprint density at radius 2 is 1.76 bits per heavy atom. The van der Waals surface area contributed by atoms with Crippen LogP contribution in [0, 0.1) is 13.8 Å². The van der Waals surface area contributed by atoms with Crippen LogP contribution >= 0.6 is 23.2 Å². The number of benzene rings is 2. The lowest BCUT2D eigenvalue weighted by Crippen LogP contribution is -2.10. The van der Waals surface area contributed by atoms with Gasteiger partial charge in [-0.2, -0.15) is 0 Å². The molecule has 0 aliphatic carbocycles. The number of imidazole rings is 1. The Morgan fingerprint density at radius 1 is 1.05 bits per heavy atom. The van der Waals surface area contributed by atoms with E-state index < -0.39 is 0 Å². The summed E-state index contributed by atoms with van der Waals surface area (Å²) in [5.41, 5.74) is 4.32. The predicted molar refractivity (Wildman–Crippen MR) is 85.4 cm³/mol. The highest BCUT2D eigenvalue weighted by molar-refractivity contribution is 6.42. The molecule has 0 amide bonds. The van der Waals surface area contributed by atoms with Crippen LogP contribution < -0.4 is 0 Å². The largest absolute Gasteiger partial charge is 0.268 e. The van der Waals surface area contributed by atoms with Gasteiger partial charge in [-0.15, -0.1) is 0 Å². The molecule has 1 aromatic heterocycles. The lowest BCUT2D eigenvalue weighted by Gasteiger charge is -2.06. The number of aryl methyl sites for hydroxylation is 2. The van der Waals surface area contributed by atoms with Crippen molar-refractivity contribution >= 4 is 40.1 Å². The first-order valence-electron chi connectivity index (χ1n) is 6.41. The third-order valence-corrected chi connectivity index (χ3v) is 4.29. The first-order valence-corrected chi connectivity index (χ1v) is 7.17. The monoisotopic (exact) mass is 318 g/mol. The number of aromatic nitrogens is 2. The van der Waals surface area contributed by atoms with Gasteiger partial charge in [-0.25, -0.2) is 4.98 Å². The molecule has 5 heteroatoms. The first-order chi connectivity index (χ1) is 9.97. The van der Waals surface area contributed by atoms with Gasteiger partial charge in [0.1, 0.15) is 6.33 Å². The van der Waals surface area contributed by atoms with Crippen LogP contribution in [0.2, 0.25) is 10.0 Å². The maximum atomic E-state index is 12.6. The Kier molecular flexibility index (Phi) is 3.47. The van der Waals surface area contributed by atoms with E-state index in [1.807, 2.05) is 26.0 Å². The number of carbonyl (C=O) groups is 1. The van der Waals surface area contributed by atoms with E-state index in [2.05, 4.69) is 4.98 Å². The number of hydrogen-bond donors (Lipinski definition) is 0. The van der Waals surface area contributed by atoms with Crippen molar-refractivity contribution in [2.45, 2.75) is 13.8 Å². The second kappa shape index (κ2) is 5.17. The number of nitrogens with zero attached hydrogens (tertiary/aromatic N) is 2. The Labute approximate surface area is 132 Å². The first kappa shape index (κ1) is 14.1. The molecule has 106 valence electrons. The van der Waals surface area contributed by atoms with Gasteiger partial charge < -0.3 is 0 Å². The molecule has 3 aromatic rings. The Bertz CT molecular complexity index is 868. The van der Waals surface area contributed by atoms with Crippen molar-refractivity contribution < 1.29 is 4.79 Å². The van der Waals surface area contributed by atoms with E-state index in [0.717, 1.165) is 22.2 Å². The standard InChI is InChI=1S/C16H12Cl2N2O/c1-9-5-14-15(6-10(9)2)20(8-19-14)16(21)11-3-4-12(17)13(18)7-11/h3-8H,1-2H3. The van der Waals surface area contributed by atoms with E-state index in [9.17, 15) is 4.79 Å². The summed E-state index contributed by atoms with van der Waals surface area (Å²) < 4.78 is 1.53. The molecule has 0 atom stereocenters. The summed E-state index contributed by atoms with van der Waals surface area (Å²) in [6, 6.07) is 8.78. The third-order valence-electron chi connectivity index (χ3n) is 3.55. The van der Waals surface area contributed by atoms with Crippen LogP contribution in [0.4, 0.5) is 0 Å². The summed E-state index contributed by atoms with van der Waals surface area (Å²) in [6.45, 7) is 4.03. The number of fused-ring (bicyclic) bond motifs is 1. The summed E-state index contributed by atoms with van der Waals surface area (Å²) in [5.74, 6) is -0.181. The van der Waals surface area contributed by atoms with Gasteiger partial charge in [0.2, 0.25) is 0 Å². The van der Waals surface area contributed by atoms with Crippen molar-refractivity contribution in [2.24, 2.45) is 0 Å². The maximum absolute atomic E-state index is 12.6. The summed E-state index contributed by atoms with van der Waals surface area (Å²) in [7, 11) is 0. The fourth-order valence-corrected chi connectivity index (χ4v) is 2.49. The number of hydrogen-bond acceptors (Lipinski definition) is 2. The topological polar surface area (TPSA) is 34.9 Å². The average molecular weight is 319 g/mol. The Morgan fingerprint density at radius 3 is 2.48 bits per heavy atom. The van der Waals surface area contributed by atoms with E-state index >= 15 is 0 Å². The van der Waals surface area contributed by atoms with Crippen LogP contribution in [-0.4, -0.2) is 15.5 Å². The number of halogens is 2. The lowest BCUT2D eigenvalue weighted by molar-refractivity contribution is 0.0964. The van der Waals surface area contributed by atoms with Gasteiger partial charge in [-0.3, -0.25) is 9.36 Å². The highest BCUT2D eigenvalue weighted by atomic mass is 35.5. The van der Waals surface area contributed by atoms with E-state index in [0.29, 0.717) is 15.6 Å². The molecule has 0 fully saturated rings. The second-order valence-corrected chi connectivity index (χ2v) is 5.79. The van der Waals surface area contributed by atoms with Crippen LogP contribution in [0.3, 0.4) is 0 Å². The van der Waals surface area contributed by atoms with Crippen molar-refractivity contribution in [2.75, 3.05) is 0 Å². The van der Waals surface area contributed by atoms with Crippen molar-refractivity contribution in [1.29, 1.82) is 0 Å². The zero-order valence-electron chi connectivity index (χ0n) is 11.5. The Hall–Kier alpha value is -1.84. The maximum Gasteiger partial charge on any atom is 0.263 e. The number of carbonyl (C=O) groups excluding carboxylic acids is 1. The van der Waals surface area contributed by atoms with Gasteiger partial charge >= 0.3 is 0 Å². The van der Waals surface area contributed by atoms with Crippen molar-refractivity contribution in [1.82, 2.24) is 9.55 Å². The molecule has 0 bridgehead atoms. The highest BCUT2D eigenvalue weighted by Gasteiger charge is 2.14.